The van der Waals surface area contributed by atoms with Crippen molar-refractivity contribution in [1.29, 1.82) is 0 Å². The average Bonchev–Trinajstić information content (AvgIpc) is 3.05. The van der Waals surface area contributed by atoms with Crippen molar-refractivity contribution in [1.82, 2.24) is 0 Å². The molecule has 8 atom stereocenters. The first-order valence-corrected chi connectivity index (χ1v) is 13.4. The van der Waals surface area contributed by atoms with E-state index in [1.54, 1.807) is 26.8 Å². The molecule has 0 spiro atoms. The first-order valence-electron chi connectivity index (χ1n) is 13.4. The number of rotatable bonds is 8. The average molecular weight is 558 g/mol. The van der Waals surface area contributed by atoms with Crippen LogP contribution in [-0.2, 0) is 19.1 Å². The van der Waals surface area contributed by atoms with Crippen LogP contribution in [0.25, 0.3) is 0 Å². The summed E-state index contributed by atoms with van der Waals surface area (Å²) in [4.78, 5) is 37.4. The van der Waals surface area contributed by atoms with Crippen LogP contribution in [0.15, 0.2) is 23.8 Å². The first kappa shape index (κ1) is 30.7. The second-order valence-corrected chi connectivity index (χ2v) is 11.8. The van der Waals surface area contributed by atoms with Crippen LogP contribution in [0.1, 0.15) is 65.7 Å². The lowest BCUT2D eigenvalue weighted by Gasteiger charge is -2.62. The van der Waals surface area contributed by atoms with E-state index >= 15 is 4.39 Å². The lowest BCUT2D eigenvalue weighted by molar-refractivity contribution is -0.219. The van der Waals surface area contributed by atoms with Gasteiger partial charge in [-0.05, 0) is 82.4 Å². The van der Waals surface area contributed by atoms with Gasteiger partial charge in [0.15, 0.2) is 18.1 Å². The standard InChI is InChI=1S/C28H40FNO7.ClH/c1-17-13-21-20-8-7-18-14-19(31)9-10-25(18,2)27(20,29)22(32)15-26(21,3)28(17,35)23(33)16-37-24(34)36-12-6-4-5-11-30;/h9-10,14,17,20-22,32,35H,4-8,11-13,15-16,30H2,1-3H3;1H/t17-,20-,21-,22-,25-,26-,27-,28-;/m0./s1. The van der Waals surface area contributed by atoms with Crippen molar-refractivity contribution in [3.05, 3.63) is 23.8 Å². The van der Waals surface area contributed by atoms with E-state index in [0.29, 0.717) is 37.8 Å². The Bertz CT molecular complexity index is 1020. The van der Waals surface area contributed by atoms with Gasteiger partial charge in [0.25, 0.3) is 0 Å². The number of fused-ring (bicyclic) bond motifs is 5. The highest BCUT2D eigenvalue weighted by Gasteiger charge is 2.75. The number of ether oxygens (including phenoxy) is 2. The number of allylic oxidation sites excluding steroid dienone is 4. The number of ketones is 2. The number of Topliss-reactive ketones (excluding diaryl/α,β-unsaturated/α-hetero) is 1. The highest BCUT2D eigenvalue weighted by molar-refractivity contribution is 6.01. The van der Waals surface area contributed by atoms with Crippen LogP contribution in [0.3, 0.4) is 0 Å². The summed E-state index contributed by atoms with van der Waals surface area (Å²) in [5.74, 6) is -2.40. The number of halogens is 2. The van der Waals surface area contributed by atoms with Crippen LogP contribution in [0.4, 0.5) is 9.18 Å². The van der Waals surface area contributed by atoms with E-state index in [9.17, 15) is 24.6 Å². The number of hydrogen-bond donors (Lipinski definition) is 3. The van der Waals surface area contributed by atoms with Gasteiger partial charge in [0.1, 0.15) is 5.60 Å². The van der Waals surface area contributed by atoms with E-state index in [1.807, 2.05) is 0 Å². The Kier molecular flexibility index (Phi) is 8.88. The maximum Gasteiger partial charge on any atom is 0.508 e. The molecule has 4 aliphatic rings. The molecule has 0 saturated heterocycles. The van der Waals surface area contributed by atoms with Crippen LogP contribution in [0.2, 0.25) is 0 Å². The molecular weight excluding hydrogens is 517 g/mol. The lowest BCUT2D eigenvalue weighted by atomic mass is 9.44. The van der Waals surface area contributed by atoms with Crippen molar-refractivity contribution in [2.45, 2.75) is 83.1 Å². The van der Waals surface area contributed by atoms with Gasteiger partial charge in [0.2, 0.25) is 5.78 Å². The molecule has 0 aliphatic heterocycles. The fraction of sp³-hybridized carbons (Fsp3) is 0.750. The summed E-state index contributed by atoms with van der Waals surface area (Å²) < 4.78 is 27.2. The minimum Gasteiger partial charge on any atom is -0.434 e. The van der Waals surface area contributed by atoms with Crippen LogP contribution >= 0.6 is 12.4 Å². The summed E-state index contributed by atoms with van der Waals surface area (Å²) in [7, 11) is 0. The zero-order valence-corrected chi connectivity index (χ0v) is 23.2. The van der Waals surface area contributed by atoms with Crippen molar-refractivity contribution in [2.75, 3.05) is 19.8 Å². The van der Waals surface area contributed by atoms with E-state index in [4.69, 9.17) is 15.2 Å². The highest BCUT2D eigenvalue weighted by Crippen LogP contribution is 2.70. The Morgan fingerprint density at radius 2 is 1.89 bits per heavy atom. The van der Waals surface area contributed by atoms with E-state index in [-0.39, 0.29) is 37.1 Å². The van der Waals surface area contributed by atoms with Gasteiger partial charge in [-0.2, -0.15) is 0 Å². The molecule has 0 bridgehead atoms. The van der Waals surface area contributed by atoms with Gasteiger partial charge < -0.3 is 25.4 Å². The van der Waals surface area contributed by atoms with Gasteiger partial charge in [-0.15, -0.1) is 12.4 Å². The molecule has 214 valence electrons. The van der Waals surface area contributed by atoms with Gasteiger partial charge in [-0.1, -0.05) is 25.5 Å². The number of hydrogen-bond acceptors (Lipinski definition) is 8. The topological polar surface area (TPSA) is 136 Å². The third kappa shape index (κ3) is 4.43. The second kappa shape index (κ2) is 11.0. The van der Waals surface area contributed by atoms with Gasteiger partial charge in [-0.25, -0.2) is 9.18 Å². The number of unbranched alkanes of at least 4 members (excludes halogenated alkanes) is 2. The number of carbonyl (C=O) groups excluding carboxylic acids is 3. The Hall–Kier alpha value is -1.81. The molecular formula is C28H41ClFNO7. The fourth-order valence-electron chi connectivity index (χ4n) is 8.00. The van der Waals surface area contributed by atoms with Gasteiger partial charge in [0.05, 0.1) is 12.7 Å². The Morgan fingerprint density at radius 3 is 2.58 bits per heavy atom. The molecule has 10 heteroatoms. The molecule has 0 aromatic heterocycles. The summed E-state index contributed by atoms with van der Waals surface area (Å²) in [6, 6.07) is 0. The number of nitrogens with two attached hydrogens (primary N) is 1. The summed E-state index contributed by atoms with van der Waals surface area (Å²) in [6.07, 6.45) is 5.39. The smallest absolute Gasteiger partial charge is 0.434 e. The molecule has 0 aromatic rings. The van der Waals surface area contributed by atoms with E-state index < -0.39 is 58.6 Å². The molecule has 4 rings (SSSR count). The normalized spacial score (nSPS) is 41.2. The predicted molar refractivity (Wildman–Crippen MR) is 140 cm³/mol. The van der Waals surface area contributed by atoms with Crippen molar-refractivity contribution < 1.29 is 38.5 Å². The van der Waals surface area contributed by atoms with Crippen LogP contribution < -0.4 is 5.73 Å². The maximum absolute atomic E-state index is 17.2. The van der Waals surface area contributed by atoms with Crippen LogP contribution in [-0.4, -0.2) is 65.1 Å². The minimum atomic E-state index is -2.04. The number of aliphatic hydroxyl groups excluding tert-OH is 1. The molecule has 8 nitrogen and oxygen atoms in total. The molecule has 0 radical (unpaired) electrons. The fourth-order valence-corrected chi connectivity index (χ4v) is 8.00. The van der Waals surface area contributed by atoms with E-state index in [2.05, 4.69) is 0 Å². The predicted octanol–water partition coefficient (Wildman–Crippen LogP) is 3.61. The monoisotopic (exact) mass is 557 g/mol. The second-order valence-electron chi connectivity index (χ2n) is 11.8. The number of carbonyl (C=O) groups is 3. The van der Waals surface area contributed by atoms with Crippen molar-refractivity contribution in [3.63, 3.8) is 0 Å². The van der Waals surface area contributed by atoms with Gasteiger partial charge in [-0.3, -0.25) is 9.59 Å². The SMILES string of the molecule is C[C@H]1C[C@H]2[C@@H]3CCC4=CC(=O)C=C[C@]4(C)[C@@]3(F)[C@@H](O)C[C@]2(C)[C@@]1(O)C(=O)COC(=O)OCCCCCN.Cl. The largest absolute Gasteiger partial charge is 0.508 e. The van der Waals surface area contributed by atoms with Crippen molar-refractivity contribution >= 4 is 30.1 Å². The quantitative estimate of drug-likeness (QED) is 0.304. The molecule has 0 aromatic carbocycles. The van der Waals surface area contributed by atoms with Crippen LogP contribution in [0.5, 0.6) is 0 Å². The molecule has 3 saturated carbocycles. The number of alkyl halides is 1. The summed E-state index contributed by atoms with van der Waals surface area (Å²) in [5.41, 5.74) is -0.103. The summed E-state index contributed by atoms with van der Waals surface area (Å²) in [5, 5.41) is 23.3. The van der Waals surface area contributed by atoms with E-state index in [0.717, 1.165) is 12.8 Å². The molecule has 3 fully saturated rings. The zero-order valence-electron chi connectivity index (χ0n) is 22.4. The molecule has 38 heavy (non-hydrogen) atoms. The Labute approximate surface area is 229 Å². The summed E-state index contributed by atoms with van der Waals surface area (Å²) >= 11 is 0. The highest BCUT2D eigenvalue weighted by atomic mass is 35.5. The molecule has 0 amide bonds. The van der Waals surface area contributed by atoms with Gasteiger partial charge in [0, 0.05) is 16.7 Å². The molecule has 0 heterocycles. The van der Waals surface area contributed by atoms with E-state index in [1.165, 1.54) is 12.2 Å². The third-order valence-corrected chi connectivity index (χ3v) is 10.0. The van der Waals surface area contributed by atoms with Crippen molar-refractivity contribution in [2.24, 2.45) is 34.3 Å². The molecule has 0 unspecified atom stereocenters. The van der Waals surface area contributed by atoms with Crippen LogP contribution in [0, 0.1) is 28.6 Å². The Balaban J connectivity index is 0.00000400. The lowest BCUT2D eigenvalue weighted by Crippen LogP contribution is -2.69. The molecule has 4 aliphatic carbocycles. The first-order chi connectivity index (χ1) is 17.4. The minimum absolute atomic E-state index is 0. The maximum atomic E-state index is 17.2. The summed E-state index contributed by atoms with van der Waals surface area (Å²) in [6.45, 7) is 5.26. The van der Waals surface area contributed by atoms with Gasteiger partial charge >= 0.3 is 6.16 Å². The third-order valence-electron chi connectivity index (χ3n) is 10.0. The van der Waals surface area contributed by atoms with Crippen molar-refractivity contribution in [3.8, 4) is 0 Å². The molecule has 4 N–H and O–H groups in total. The number of aliphatic hydroxyl groups is 2. The zero-order chi connectivity index (χ0) is 27.2. The Morgan fingerprint density at radius 1 is 1.18 bits per heavy atom.